The van der Waals surface area contributed by atoms with Gasteiger partial charge in [-0.15, -0.1) is 0 Å². The third kappa shape index (κ3) is 2.68. The van der Waals surface area contributed by atoms with Crippen molar-refractivity contribution in [1.82, 2.24) is 4.90 Å². The largest absolute Gasteiger partial charge is 0.409 e. The van der Waals surface area contributed by atoms with Gasteiger partial charge in [0, 0.05) is 23.7 Å². The van der Waals surface area contributed by atoms with Crippen LogP contribution in [0.1, 0.15) is 12.8 Å². The predicted octanol–water partition coefficient (Wildman–Crippen LogP) is 2.76. The van der Waals surface area contributed by atoms with Crippen molar-refractivity contribution in [3.8, 4) is 0 Å². The summed E-state index contributed by atoms with van der Waals surface area (Å²) < 4.78 is 0. The Kier molecular flexibility index (Phi) is 3.49. The third-order valence-electron chi connectivity index (χ3n) is 2.55. The Balaban J connectivity index is 2.04. The molecule has 0 unspecified atom stereocenters. The number of benzene rings is 1. The molecule has 1 aliphatic heterocycles. The topological polar surface area (TPSA) is 64.9 Å². The van der Waals surface area contributed by atoms with Gasteiger partial charge in [-0.05, 0) is 30.7 Å². The van der Waals surface area contributed by atoms with Gasteiger partial charge < -0.3 is 10.5 Å². The zero-order valence-corrected chi connectivity index (χ0v) is 9.81. The normalized spacial score (nSPS) is 17.5. The Labute approximate surface area is 104 Å². The second-order valence-electron chi connectivity index (χ2n) is 3.71. The minimum Gasteiger partial charge on any atom is -0.409 e. The summed E-state index contributed by atoms with van der Waals surface area (Å²) in [5.74, 6) is 0.400. The van der Waals surface area contributed by atoms with E-state index in [-0.39, 0.29) is 6.03 Å². The fourth-order valence-electron chi connectivity index (χ4n) is 1.71. The molecule has 90 valence electrons. The van der Waals surface area contributed by atoms with Crippen LogP contribution >= 0.6 is 11.6 Å². The molecule has 1 aromatic carbocycles. The Morgan fingerprint density at radius 1 is 1.41 bits per heavy atom. The van der Waals surface area contributed by atoms with Crippen molar-refractivity contribution < 1.29 is 10.0 Å². The van der Waals surface area contributed by atoms with E-state index in [4.69, 9.17) is 16.8 Å². The van der Waals surface area contributed by atoms with E-state index in [0.717, 1.165) is 6.42 Å². The number of nitrogens with one attached hydrogen (secondary N) is 1. The summed E-state index contributed by atoms with van der Waals surface area (Å²) in [6, 6.07) is 6.53. The molecule has 2 rings (SSSR count). The number of amides is 2. The minimum atomic E-state index is -0.294. The van der Waals surface area contributed by atoms with Gasteiger partial charge in [-0.3, -0.25) is 4.90 Å². The van der Waals surface area contributed by atoms with E-state index in [1.54, 1.807) is 24.3 Å². The van der Waals surface area contributed by atoms with Crippen molar-refractivity contribution in [1.29, 1.82) is 0 Å². The summed E-state index contributed by atoms with van der Waals surface area (Å²) in [4.78, 5) is 13.3. The van der Waals surface area contributed by atoms with E-state index in [1.807, 2.05) is 0 Å². The van der Waals surface area contributed by atoms with E-state index in [0.29, 0.717) is 29.5 Å². The van der Waals surface area contributed by atoms with E-state index in [9.17, 15) is 4.79 Å². The lowest BCUT2D eigenvalue weighted by Gasteiger charge is -2.16. The molecule has 2 amide bonds. The highest BCUT2D eigenvalue weighted by Crippen LogP contribution is 2.16. The lowest BCUT2D eigenvalue weighted by atomic mass is 10.3. The van der Waals surface area contributed by atoms with Gasteiger partial charge in [0.25, 0.3) is 0 Å². The zero-order valence-electron chi connectivity index (χ0n) is 9.06. The number of halogens is 1. The van der Waals surface area contributed by atoms with Crippen LogP contribution in [0.25, 0.3) is 0 Å². The molecular weight excluding hydrogens is 242 g/mol. The maximum Gasteiger partial charge on any atom is 0.327 e. The van der Waals surface area contributed by atoms with E-state index < -0.39 is 0 Å². The zero-order chi connectivity index (χ0) is 12.3. The highest BCUT2D eigenvalue weighted by molar-refractivity contribution is 6.30. The molecule has 1 aromatic rings. The van der Waals surface area contributed by atoms with Crippen LogP contribution in [0.4, 0.5) is 10.5 Å². The Morgan fingerprint density at radius 3 is 2.76 bits per heavy atom. The van der Waals surface area contributed by atoms with E-state index in [1.165, 1.54) is 4.90 Å². The van der Waals surface area contributed by atoms with Crippen LogP contribution in [0.15, 0.2) is 29.4 Å². The fraction of sp³-hybridized carbons (Fsp3) is 0.273. The SMILES string of the molecule is O=C(Nc1ccc(Cl)cc1)N1CCC/C1=N/O. The number of amidine groups is 1. The highest BCUT2D eigenvalue weighted by atomic mass is 35.5. The maximum absolute atomic E-state index is 11.9. The monoisotopic (exact) mass is 253 g/mol. The predicted molar refractivity (Wildman–Crippen MR) is 65.6 cm³/mol. The van der Waals surface area contributed by atoms with Crippen LogP contribution in [0.5, 0.6) is 0 Å². The summed E-state index contributed by atoms with van der Waals surface area (Å²) in [6.45, 7) is 0.568. The number of likely N-dealkylation sites (tertiary alicyclic amines) is 1. The molecule has 6 heteroatoms. The molecule has 0 atom stereocenters. The molecule has 17 heavy (non-hydrogen) atoms. The lowest BCUT2D eigenvalue weighted by molar-refractivity contribution is 0.233. The van der Waals surface area contributed by atoms with Gasteiger partial charge in [0.1, 0.15) is 0 Å². The summed E-state index contributed by atoms with van der Waals surface area (Å²) in [5.41, 5.74) is 0.656. The van der Waals surface area contributed by atoms with E-state index >= 15 is 0 Å². The molecule has 1 fully saturated rings. The molecule has 1 saturated heterocycles. The molecule has 0 aliphatic carbocycles. The second kappa shape index (κ2) is 5.05. The average Bonchev–Trinajstić information content (AvgIpc) is 2.80. The van der Waals surface area contributed by atoms with Gasteiger partial charge in [-0.25, -0.2) is 4.79 Å². The standard InChI is InChI=1S/C11H12ClN3O2/c12-8-3-5-9(6-4-8)13-11(16)15-7-1-2-10(15)14-17/h3-6,17H,1-2,7H2,(H,13,16)/b14-10-. The Morgan fingerprint density at radius 2 is 2.12 bits per heavy atom. The number of urea groups is 1. The van der Waals surface area contributed by atoms with Crippen LogP contribution in [0.2, 0.25) is 5.02 Å². The molecule has 0 aromatic heterocycles. The van der Waals surface area contributed by atoms with Crippen LogP contribution in [-0.4, -0.2) is 28.5 Å². The van der Waals surface area contributed by atoms with Crippen molar-refractivity contribution in [2.75, 3.05) is 11.9 Å². The number of carbonyl (C=O) groups is 1. The Hall–Kier alpha value is -1.75. The molecule has 0 bridgehead atoms. The molecule has 1 heterocycles. The molecular formula is C11H12ClN3O2. The summed E-state index contributed by atoms with van der Waals surface area (Å²) in [5, 5.41) is 15.2. The van der Waals surface area contributed by atoms with Gasteiger partial charge in [0.2, 0.25) is 0 Å². The molecule has 1 aliphatic rings. The maximum atomic E-state index is 11.9. The molecule has 2 N–H and O–H groups in total. The lowest BCUT2D eigenvalue weighted by Crippen LogP contribution is -2.35. The first kappa shape index (κ1) is 11.7. The van der Waals surface area contributed by atoms with Gasteiger partial charge >= 0.3 is 6.03 Å². The number of oxime groups is 1. The second-order valence-corrected chi connectivity index (χ2v) is 4.14. The van der Waals surface area contributed by atoms with Crippen LogP contribution < -0.4 is 5.32 Å². The number of hydrogen-bond acceptors (Lipinski definition) is 3. The first-order valence-corrected chi connectivity index (χ1v) is 5.63. The third-order valence-corrected chi connectivity index (χ3v) is 2.80. The van der Waals surface area contributed by atoms with Gasteiger partial charge in [-0.1, -0.05) is 16.8 Å². The highest BCUT2D eigenvalue weighted by Gasteiger charge is 2.25. The smallest absolute Gasteiger partial charge is 0.327 e. The number of rotatable bonds is 1. The fourth-order valence-corrected chi connectivity index (χ4v) is 1.83. The summed E-state index contributed by atoms with van der Waals surface area (Å²) in [7, 11) is 0. The van der Waals surface area contributed by atoms with Crippen molar-refractivity contribution in [2.24, 2.45) is 5.16 Å². The molecule has 0 spiro atoms. The minimum absolute atomic E-state index is 0.294. The Bertz CT molecular complexity index is 445. The van der Waals surface area contributed by atoms with Crippen molar-refractivity contribution in [3.63, 3.8) is 0 Å². The van der Waals surface area contributed by atoms with Crippen molar-refractivity contribution >= 4 is 29.2 Å². The van der Waals surface area contributed by atoms with Crippen LogP contribution in [0.3, 0.4) is 0 Å². The van der Waals surface area contributed by atoms with Gasteiger partial charge in [0.05, 0.1) is 0 Å². The summed E-state index contributed by atoms with van der Waals surface area (Å²) in [6.07, 6.45) is 1.43. The van der Waals surface area contributed by atoms with Gasteiger partial charge in [0.15, 0.2) is 5.84 Å². The summed E-state index contributed by atoms with van der Waals surface area (Å²) >= 11 is 5.75. The quantitative estimate of drug-likeness (QED) is 0.597. The molecule has 5 nitrogen and oxygen atoms in total. The molecule has 0 saturated carbocycles. The first-order valence-electron chi connectivity index (χ1n) is 5.26. The van der Waals surface area contributed by atoms with Crippen molar-refractivity contribution in [2.45, 2.75) is 12.8 Å². The average molecular weight is 254 g/mol. The van der Waals surface area contributed by atoms with E-state index in [2.05, 4.69) is 10.5 Å². The molecule has 0 radical (unpaired) electrons. The van der Waals surface area contributed by atoms with Crippen molar-refractivity contribution in [3.05, 3.63) is 29.3 Å². The van der Waals surface area contributed by atoms with Crippen LogP contribution in [-0.2, 0) is 0 Å². The van der Waals surface area contributed by atoms with Gasteiger partial charge in [-0.2, -0.15) is 0 Å². The number of carbonyl (C=O) groups excluding carboxylic acids is 1. The number of hydrogen-bond donors (Lipinski definition) is 2. The first-order chi connectivity index (χ1) is 8.20. The van der Waals surface area contributed by atoms with Crippen LogP contribution in [0, 0.1) is 0 Å². The number of anilines is 1. The number of nitrogens with zero attached hydrogens (tertiary/aromatic N) is 2.